The van der Waals surface area contributed by atoms with Crippen molar-refractivity contribution in [2.24, 2.45) is 0 Å². The first-order chi connectivity index (χ1) is 15.6. The molecule has 172 valence electrons. The molecule has 0 aromatic heterocycles. The molecule has 9 heteroatoms. The van der Waals surface area contributed by atoms with Crippen LogP contribution in [-0.2, 0) is 11.3 Å². The van der Waals surface area contributed by atoms with Crippen molar-refractivity contribution >= 4 is 24.2 Å². The zero-order valence-corrected chi connectivity index (χ0v) is 22.8. The molecule has 1 aliphatic rings. The molecule has 0 bridgehead atoms. The fraction of sp³-hybridized carbons (Fsp3) is 0.240. The summed E-state index contributed by atoms with van der Waals surface area (Å²) >= 11 is 0. The molecule has 0 heterocycles. The van der Waals surface area contributed by atoms with Crippen molar-refractivity contribution in [2.75, 3.05) is 12.3 Å². The van der Waals surface area contributed by atoms with Gasteiger partial charge in [0.2, 0.25) is 0 Å². The van der Waals surface area contributed by atoms with Gasteiger partial charge in [0.25, 0.3) is 0 Å². The van der Waals surface area contributed by atoms with Gasteiger partial charge in [-0.15, -0.1) is 5.46 Å². The Morgan fingerprint density at radius 1 is 0.941 bits per heavy atom. The fourth-order valence-electron chi connectivity index (χ4n) is 4.88. The number of ether oxygens (including phenoxy) is 1. The van der Waals surface area contributed by atoms with Crippen molar-refractivity contribution < 1.29 is 73.9 Å². The number of benzene rings is 3. The Balaban J connectivity index is 0.00000324. The number of carbonyl (C=O) groups excluding carboxylic acids is 1. The van der Waals surface area contributed by atoms with Gasteiger partial charge in [-0.1, -0.05) is 59.7 Å². The Morgan fingerprint density at radius 3 is 2.00 bits per heavy atom. The standard InChI is InChI=1S/C25H25BF3N2O2.K/c1-14-21(15(2)24(30)16(3)23(14)26(27,28)29)12-31-25(32)33-13-22-19-10-6-4-8-17(19)18-9-5-7-11-20(18)22;/h4-11,22H,12-13,30H2,1-3H3,(H,31,32);/q-1;+1. The molecule has 1 amide bonds. The maximum Gasteiger partial charge on any atom is 1.00 e. The van der Waals surface area contributed by atoms with Gasteiger partial charge >= 0.3 is 64.5 Å². The second kappa shape index (κ2) is 10.5. The molecule has 1 aliphatic carbocycles. The average molecular weight is 492 g/mol. The number of carbonyl (C=O) groups is 1. The van der Waals surface area contributed by atoms with Crippen LogP contribution in [0.3, 0.4) is 0 Å². The Labute approximate surface area is 239 Å². The topological polar surface area (TPSA) is 64.3 Å². The summed E-state index contributed by atoms with van der Waals surface area (Å²) in [5.74, 6) is -0.0961. The number of halogens is 3. The maximum atomic E-state index is 13.6. The zero-order valence-electron chi connectivity index (χ0n) is 19.7. The molecule has 0 radical (unpaired) electrons. The Morgan fingerprint density at radius 2 is 1.47 bits per heavy atom. The van der Waals surface area contributed by atoms with Gasteiger partial charge in [-0.3, -0.25) is 0 Å². The third kappa shape index (κ3) is 4.95. The average Bonchev–Trinajstić information content (AvgIpc) is 3.09. The summed E-state index contributed by atoms with van der Waals surface area (Å²) < 4.78 is 46.4. The largest absolute Gasteiger partial charge is 1.00 e. The van der Waals surface area contributed by atoms with E-state index in [2.05, 4.69) is 5.32 Å². The summed E-state index contributed by atoms with van der Waals surface area (Å²) in [4.78, 5) is 12.5. The van der Waals surface area contributed by atoms with E-state index in [1.165, 1.54) is 13.8 Å². The number of nitrogen functional groups attached to an aromatic ring is 1. The van der Waals surface area contributed by atoms with E-state index in [4.69, 9.17) is 10.5 Å². The molecule has 0 spiro atoms. The monoisotopic (exact) mass is 492 g/mol. The molecule has 3 aromatic rings. The fourth-order valence-corrected chi connectivity index (χ4v) is 4.88. The summed E-state index contributed by atoms with van der Waals surface area (Å²) in [5.41, 5.74) is 10.8. The Hall–Kier alpha value is -1.78. The van der Waals surface area contributed by atoms with Gasteiger partial charge in [0.1, 0.15) is 6.61 Å². The summed E-state index contributed by atoms with van der Waals surface area (Å²) in [7, 11) is 0. The molecule has 0 saturated heterocycles. The summed E-state index contributed by atoms with van der Waals surface area (Å²) in [6.45, 7) is -0.746. The van der Waals surface area contributed by atoms with Gasteiger partial charge in [-0.2, -0.15) is 0 Å². The van der Waals surface area contributed by atoms with Crippen LogP contribution < -0.4 is 67.9 Å². The van der Waals surface area contributed by atoms with Crippen molar-refractivity contribution in [1.82, 2.24) is 5.32 Å². The van der Waals surface area contributed by atoms with E-state index in [0.29, 0.717) is 11.1 Å². The normalized spacial score (nSPS) is 12.5. The number of anilines is 1. The van der Waals surface area contributed by atoms with Gasteiger partial charge in [-0.05, 0) is 54.2 Å². The van der Waals surface area contributed by atoms with Crippen molar-refractivity contribution in [3.63, 3.8) is 0 Å². The van der Waals surface area contributed by atoms with Crippen LogP contribution in [-0.4, -0.2) is 19.7 Å². The molecule has 0 aliphatic heterocycles. The minimum atomic E-state index is -5.23. The predicted octanol–water partition coefficient (Wildman–Crippen LogP) is 2.29. The molecular formula is C25H25BF3KN2O2. The van der Waals surface area contributed by atoms with Crippen LogP contribution in [0.5, 0.6) is 0 Å². The SMILES string of the molecule is Cc1c(N)c(C)c([B-](F)(F)F)c(C)c1CNC(=O)OCC1c2ccccc2-c2ccccc21.[K+]. The van der Waals surface area contributed by atoms with Crippen LogP contribution in [0.15, 0.2) is 48.5 Å². The van der Waals surface area contributed by atoms with Crippen molar-refractivity contribution in [2.45, 2.75) is 33.2 Å². The number of rotatable bonds is 5. The molecule has 3 aromatic carbocycles. The first-order valence-electron chi connectivity index (χ1n) is 10.8. The molecule has 4 nitrogen and oxygen atoms in total. The van der Waals surface area contributed by atoms with Crippen LogP contribution in [0.2, 0.25) is 0 Å². The second-order valence-corrected chi connectivity index (χ2v) is 8.43. The van der Waals surface area contributed by atoms with E-state index < -0.39 is 18.5 Å². The van der Waals surface area contributed by atoms with Crippen LogP contribution in [0.4, 0.5) is 23.4 Å². The second-order valence-electron chi connectivity index (χ2n) is 8.43. The zero-order chi connectivity index (χ0) is 23.9. The van der Waals surface area contributed by atoms with Gasteiger partial charge in [0.15, 0.2) is 0 Å². The molecule has 3 N–H and O–H groups in total. The minimum Gasteiger partial charge on any atom is -0.449 e. The van der Waals surface area contributed by atoms with E-state index >= 15 is 0 Å². The van der Waals surface area contributed by atoms with Gasteiger partial charge in [-0.25, -0.2) is 4.79 Å². The predicted molar refractivity (Wildman–Crippen MR) is 126 cm³/mol. The molecule has 4 rings (SSSR count). The summed E-state index contributed by atoms with van der Waals surface area (Å²) in [5, 5.41) is 2.60. The van der Waals surface area contributed by atoms with E-state index in [1.54, 1.807) is 6.92 Å². The number of hydrogen-bond acceptors (Lipinski definition) is 3. The molecular weight excluding hydrogens is 467 g/mol. The van der Waals surface area contributed by atoms with Crippen LogP contribution in [0.25, 0.3) is 11.1 Å². The van der Waals surface area contributed by atoms with Crippen LogP contribution >= 0.6 is 0 Å². The number of nitrogens with two attached hydrogens (primary N) is 1. The van der Waals surface area contributed by atoms with Gasteiger partial charge in [0.05, 0.1) is 0 Å². The molecule has 0 unspecified atom stereocenters. The molecule has 0 atom stereocenters. The Kier molecular flexibility index (Phi) is 8.25. The van der Waals surface area contributed by atoms with E-state index in [9.17, 15) is 17.7 Å². The first-order valence-corrected chi connectivity index (χ1v) is 10.8. The van der Waals surface area contributed by atoms with Crippen molar-refractivity contribution in [3.05, 3.63) is 81.9 Å². The number of nitrogens with one attached hydrogen (secondary N) is 1. The third-order valence-corrected chi connectivity index (χ3v) is 6.60. The third-order valence-electron chi connectivity index (χ3n) is 6.60. The molecule has 0 fully saturated rings. The van der Waals surface area contributed by atoms with Crippen molar-refractivity contribution in [1.29, 1.82) is 0 Å². The van der Waals surface area contributed by atoms with E-state index in [-0.39, 0.29) is 87.3 Å². The number of amides is 1. The van der Waals surface area contributed by atoms with Crippen molar-refractivity contribution in [3.8, 4) is 11.1 Å². The van der Waals surface area contributed by atoms with Crippen LogP contribution in [0.1, 0.15) is 39.3 Å². The van der Waals surface area contributed by atoms with Gasteiger partial charge in [0, 0.05) is 18.2 Å². The van der Waals surface area contributed by atoms with Gasteiger partial charge < -0.3 is 28.7 Å². The number of hydrogen-bond donors (Lipinski definition) is 2. The molecule has 34 heavy (non-hydrogen) atoms. The minimum absolute atomic E-state index is 0. The maximum absolute atomic E-state index is 13.6. The van der Waals surface area contributed by atoms with E-state index in [0.717, 1.165) is 22.3 Å². The first kappa shape index (κ1) is 26.8. The summed E-state index contributed by atoms with van der Waals surface area (Å²) in [6.07, 6.45) is -0.686. The van der Waals surface area contributed by atoms with Crippen LogP contribution in [0, 0.1) is 20.8 Å². The smallest absolute Gasteiger partial charge is 0.449 e. The van der Waals surface area contributed by atoms with E-state index in [1.807, 2.05) is 48.5 Å². The Bertz CT molecular complexity index is 1200. The quantitative estimate of drug-likeness (QED) is 0.425. The number of fused-ring (bicyclic) bond motifs is 3. The number of alkyl carbamates (subject to hydrolysis) is 1. The molecule has 0 saturated carbocycles. The summed E-state index contributed by atoms with van der Waals surface area (Å²) in [6, 6.07) is 16.0.